The summed E-state index contributed by atoms with van der Waals surface area (Å²) in [6.07, 6.45) is -4.44. The Balaban J connectivity index is 1.97. The molecule has 2 aromatic rings. The fourth-order valence-corrected chi connectivity index (χ4v) is 2.22. The largest absolute Gasteiger partial charge is 0.416 e. The zero-order valence-corrected chi connectivity index (χ0v) is 13.6. The van der Waals surface area contributed by atoms with Crippen molar-refractivity contribution in [2.24, 2.45) is 0 Å². The van der Waals surface area contributed by atoms with Crippen molar-refractivity contribution in [1.82, 2.24) is 10.6 Å². The third kappa shape index (κ3) is 4.79. The third-order valence-corrected chi connectivity index (χ3v) is 3.55. The van der Waals surface area contributed by atoms with Crippen LogP contribution < -0.4 is 10.6 Å². The van der Waals surface area contributed by atoms with E-state index in [2.05, 4.69) is 10.6 Å². The van der Waals surface area contributed by atoms with Crippen LogP contribution in [0.1, 0.15) is 27.0 Å². The average Bonchev–Trinajstić information content (AvgIpc) is 2.53. The van der Waals surface area contributed by atoms with E-state index < -0.39 is 17.6 Å². The van der Waals surface area contributed by atoms with Crippen molar-refractivity contribution in [3.63, 3.8) is 0 Å². The Morgan fingerprint density at radius 3 is 2.33 bits per heavy atom. The number of carbonyl (C=O) groups is 1. The van der Waals surface area contributed by atoms with Gasteiger partial charge in [0.05, 0.1) is 5.56 Å². The maximum atomic E-state index is 12.9. The van der Waals surface area contributed by atoms with Gasteiger partial charge in [-0.05, 0) is 42.9 Å². The number of rotatable bonds is 3. The molecule has 0 atom stereocenters. The molecular weight excluding hydrogens is 337 g/mol. The van der Waals surface area contributed by atoms with Crippen LogP contribution in [0, 0.1) is 6.92 Å². The molecule has 126 valence electrons. The Bertz CT molecular complexity index is 742. The molecule has 0 bridgehead atoms. The lowest BCUT2D eigenvalue weighted by Crippen LogP contribution is -2.39. The molecule has 0 fully saturated rings. The molecule has 2 rings (SSSR count). The second kappa shape index (κ2) is 7.44. The van der Waals surface area contributed by atoms with Gasteiger partial charge in [0.1, 0.15) is 0 Å². The number of amides is 1. The molecule has 7 heteroatoms. The quantitative estimate of drug-likeness (QED) is 0.825. The molecule has 0 spiro atoms. The van der Waals surface area contributed by atoms with Gasteiger partial charge < -0.3 is 5.32 Å². The number of hydrogen-bond acceptors (Lipinski definition) is 2. The molecule has 0 heterocycles. The lowest BCUT2D eigenvalue weighted by Gasteiger charge is -2.14. The van der Waals surface area contributed by atoms with Crippen LogP contribution in [0.15, 0.2) is 48.5 Å². The standard InChI is InChI=1S/C17H15F3N2OS/c1-11-6-8-12(9-7-11)15(23)22-16(24)21-10-13-4-2-3-5-14(13)17(18,19)20/h2-9H,10H2,1H3,(H2,21,22,23,24). The van der Waals surface area contributed by atoms with Gasteiger partial charge in [0.2, 0.25) is 0 Å². The molecule has 0 saturated carbocycles. The predicted octanol–water partition coefficient (Wildman–Crippen LogP) is 3.82. The maximum Gasteiger partial charge on any atom is 0.416 e. The highest BCUT2D eigenvalue weighted by Gasteiger charge is 2.32. The minimum Gasteiger partial charge on any atom is -0.358 e. The molecule has 2 N–H and O–H groups in total. The molecule has 0 aliphatic carbocycles. The van der Waals surface area contributed by atoms with Gasteiger partial charge in [0.25, 0.3) is 5.91 Å². The zero-order chi connectivity index (χ0) is 17.7. The Morgan fingerprint density at radius 1 is 1.08 bits per heavy atom. The average molecular weight is 352 g/mol. The summed E-state index contributed by atoms with van der Waals surface area (Å²) in [5.41, 5.74) is 0.749. The van der Waals surface area contributed by atoms with Gasteiger partial charge in [-0.3, -0.25) is 10.1 Å². The summed E-state index contributed by atoms with van der Waals surface area (Å²) < 4.78 is 38.7. The molecule has 0 radical (unpaired) electrons. The fraction of sp³-hybridized carbons (Fsp3) is 0.176. The number of benzene rings is 2. The van der Waals surface area contributed by atoms with Gasteiger partial charge in [-0.15, -0.1) is 0 Å². The van der Waals surface area contributed by atoms with Gasteiger partial charge in [-0.25, -0.2) is 0 Å². The highest BCUT2D eigenvalue weighted by Crippen LogP contribution is 2.31. The van der Waals surface area contributed by atoms with Gasteiger partial charge in [-0.2, -0.15) is 13.2 Å². The number of alkyl halides is 3. The normalized spacial score (nSPS) is 11.0. The van der Waals surface area contributed by atoms with E-state index in [1.807, 2.05) is 6.92 Å². The summed E-state index contributed by atoms with van der Waals surface area (Å²) >= 11 is 4.97. The third-order valence-electron chi connectivity index (χ3n) is 3.30. The van der Waals surface area contributed by atoms with E-state index in [1.54, 1.807) is 24.3 Å². The van der Waals surface area contributed by atoms with Crippen molar-refractivity contribution in [2.75, 3.05) is 0 Å². The van der Waals surface area contributed by atoms with E-state index in [1.165, 1.54) is 18.2 Å². The molecular formula is C17H15F3N2OS. The van der Waals surface area contributed by atoms with Crippen LogP contribution in [0.4, 0.5) is 13.2 Å². The Kier molecular flexibility index (Phi) is 5.56. The van der Waals surface area contributed by atoms with E-state index in [9.17, 15) is 18.0 Å². The molecule has 1 amide bonds. The van der Waals surface area contributed by atoms with Crippen molar-refractivity contribution in [1.29, 1.82) is 0 Å². The Hall–Kier alpha value is -2.41. The second-order valence-electron chi connectivity index (χ2n) is 5.16. The van der Waals surface area contributed by atoms with Crippen LogP contribution in [-0.2, 0) is 12.7 Å². The monoisotopic (exact) mass is 352 g/mol. The molecule has 0 aliphatic heterocycles. The topological polar surface area (TPSA) is 41.1 Å². The van der Waals surface area contributed by atoms with E-state index in [-0.39, 0.29) is 17.2 Å². The molecule has 0 aliphatic rings. The number of halogens is 3. The van der Waals surface area contributed by atoms with Gasteiger partial charge in [0, 0.05) is 12.1 Å². The lowest BCUT2D eigenvalue weighted by molar-refractivity contribution is -0.138. The van der Waals surface area contributed by atoms with E-state index in [0.29, 0.717) is 5.56 Å². The highest BCUT2D eigenvalue weighted by atomic mass is 32.1. The number of aryl methyl sites for hydroxylation is 1. The summed E-state index contributed by atoms with van der Waals surface area (Å²) in [6.45, 7) is 1.76. The second-order valence-corrected chi connectivity index (χ2v) is 5.57. The van der Waals surface area contributed by atoms with Crippen molar-refractivity contribution in [2.45, 2.75) is 19.6 Å². The first-order valence-corrected chi connectivity index (χ1v) is 7.49. The van der Waals surface area contributed by atoms with Crippen LogP contribution in [0.5, 0.6) is 0 Å². The number of carbonyl (C=O) groups excluding carboxylic acids is 1. The van der Waals surface area contributed by atoms with E-state index in [4.69, 9.17) is 12.2 Å². The van der Waals surface area contributed by atoms with Crippen LogP contribution in [-0.4, -0.2) is 11.0 Å². The predicted molar refractivity (Wildman–Crippen MR) is 89.5 cm³/mol. The summed E-state index contributed by atoms with van der Waals surface area (Å²) in [6, 6.07) is 12.1. The number of thiocarbonyl (C=S) groups is 1. The minimum absolute atomic E-state index is 0.0300. The van der Waals surface area contributed by atoms with E-state index >= 15 is 0 Å². The zero-order valence-electron chi connectivity index (χ0n) is 12.8. The molecule has 0 saturated heterocycles. The SMILES string of the molecule is Cc1ccc(C(=O)NC(=S)NCc2ccccc2C(F)(F)F)cc1. The Morgan fingerprint density at radius 2 is 1.71 bits per heavy atom. The highest BCUT2D eigenvalue weighted by molar-refractivity contribution is 7.80. The fourth-order valence-electron chi connectivity index (χ4n) is 2.05. The lowest BCUT2D eigenvalue weighted by atomic mass is 10.1. The van der Waals surface area contributed by atoms with Crippen LogP contribution in [0.25, 0.3) is 0 Å². The molecule has 24 heavy (non-hydrogen) atoms. The number of hydrogen-bond donors (Lipinski definition) is 2. The number of nitrogens with one attached hydrogen (secondary N) is 2. The maximum absolute atomic E-state index is 12.9. The van der Waals surface area contributed by atoms with Crippen molar-refractivity contribution >= 4 is 23.2 Å². The first-order chi connectivity index (χ1) is 11.3. The van der Waals surface area contributed by atoms with Gasteiger partial charge >= 0.3 is 6.18 Å². The first kappa shape index (κ1) is 17.9. The smallest absolute Gasteiger partial charge is 0.358 e. The molecule has 0 aromatic heterocycles. The van der Waals surface area contributed by atoms with Crippen molar-refractivity contribution < 1.29 is 18.0 Å². The molecule has 3 nitrogen and oxygen atoms in total. The summed E-state index contributed by atoms with van der Waals surface area (Å²) in [4.78, 5) is 12.0. The van der Waals surface area contributed by atoms with Crippen LogP contribution in [0.3, 0.4) is 0 Å². The van der Waals surface area contributed by atoms with Crippen LogP contribution >= 0.6 is 12.2 Å². The first-order valence-electron chi connectivity index (χ1n) is 7.08. The minimum atomic E-state index is -4.44. The van der Waals surface area contributed by atoms with Gasteiger partial charge in [0.15, 0.2) is 5.11 Å². The van der Waals surface area contributed by atoms with Crippen molar-refractivity contribution in [3.05, 3.63) is 70.8 Å². The summed E-state index contributed by atoms with van der Waals surface area (Å²) in [7, 11) is 0. The summed E-state index contributed by atoms with van der Waals surface area (Å²) in [5, 5.41) is 5.04. The van der Waals surface area contributed by atoms with Crippen LogP contribution in [0.2, 0.25) is 0 Å². The van der Waals surface area contributed by atoms with E-state index in [0.717, 1.165) is 11.6 Å². The van der Waals surface area contributed by atoms with Crippen molar-refractivity contribution in [3.8, 4) is 0 Å². The Labute approximate surface area is 142 Å². The summed E-state index contributed by atoms with van der Waals surface area (Å²) in [5.74, 6) is -0.420. The molecule has 2 aromatic carbocycles. The molecule has 0 unspecified atom stereocenters. The van der Waals surface area contributed by atoms with Gasteiger partial charge in [-0.1, -0.05) is 35.9 Å².